The van der Waals surface area contributed by atoms with Crippen molar-refractivity contribution in [2.75, 3.05) is 12.8 Å². The van der Waals surface area contributed by atoms with Crippen molar-refractivity contribution in [2.45, 2.75) is 37.6 Å². The number of likely N-dealkylation sites (tertiary alicyclic amines) is 1. The van der Waals surface area contributed by atoms with Gasteiger partial charge in [-0.3, -0.25) is 4.79 Å². The van der Waals surface area contributed by atoms with E-state index in [2.05, 4.69) is 33.9 Å². The second kappa shape index (κ2) is 8.40. The van der Waals surface area contributed by atoms with Crippen LogP contribution in [0.1, 0.15) is 36.1 Å². The monoisotopic (exact) mass is 436 g/mol. The number of hydrogen-bond donors (Lipinski definition) is 0. The first kappa shape index (κ1) is 19.6. The third kappa shape index (κ3) is 3.61. The molecule has 0 bridgehead atoms. The van der Waals surface area contributed by atoms with Crippen LogP contribution in [0.2, 0.25) is 0 Å². The Hall–Kier alpha value is -2.38. The first-order valence-electron chi connectivity index (χ1n) is 10.3. The molecule has 1 amide bonds. The Balaban J connectivity index is 1.46. The summed E-state index contributed by atoms with van der Waals surface area (Å²) in [6.07, 6.45) is 5.23. The maximum atomic E-state index is 13.5. The Kier molecular flexibility index (Phi) is 5.48. The van der Waals surface area contributed by atoms with Crippen LogP contribution >= 0.6 is 23.1 Å². The SMILES string of the molecule is CSCc1nc2ccccc2n1CC(=O)N1CCCC[C@H]1c1nc2ccccc2s1. The molecule has 30 heavy (non-hydrogen) atoms. The summed E-state index contributed by atoms with van der Waals surface area (Å²) in [6, 6.07) is 16.4. The first-order valence-corrected chi connectivity index (χ1v) is 12.5. The van der Waals surface area contributed by atoms with Crippen molar-refractivity contribution in [2.24, 2.45) is 0 Å². The van der Waals surface area contributed by atoms with Crippen LogP contribution in [0.25, 0.3) is 21.3 Å². The quantitative estimate of drug-likeness (QED) is 0.428. The molecule has 1 fully saturated rings. The smallest absolute Gasteiger partial charge is 0.243 e. The number of imidazole rings is 1. The molecule has 7 heteroatoms. The molecule has 0 radical (unpaired) electrons. The van der Waals surface area contributed by atoms with Crippen LogP contribution in [0.5, 0.6) is 0 Å². The van der Waals surface area contributed by atoms with Gasteiger partial charge in [0, 0.05) is 6.54 Å². The number of para-hydroxylation sites is 3. The van der Waals surface area contributed by atoms with Crippen molar-refractivity contribution in [3.63, 3.8) is 0 Å². The summed E-state index contributed by atoms with van der Waals surface area (Å²) >= 11 is 3.45. The number of carbonyl (C=O) groups is 1. The maximum absolute atomic E-state index is 13.5. The van der Waals surface area contributed by atoms with E-state index in [0.717, 1.165) is 58.9 Å². The van der Waals surface area contributed by atoms with Crippen LogP contribution < -0.4 is 0 Å². The number of fused-ring (bicyclic) bond motifs is 2. The van der Waals surface area contributed by atoms with E-state index in [4.69, 9.17) is 9.97 Å². The summed E-state index contributed by atoms with van der Waals surface area (Å²) in [5, 5.41) is 1.06. The van der Waals surface area contributed by atoms with Crippen molar-refractivity contribution in [1.29, 1.82) is 0 Å². The predicted molar refractivity (Wildman–Crippen MR) is 125 cm³/mol. The van der Waals surface area contributed by atoms with Crippen molar-refractivity contribution in [3.05, 3.63) is 59.4 Å². The second-order valence-corrected chi connectivity index (χ2v) is 9.58. The summed E-state index contributed by atoms with van der Waals surface area (Å²) in [5.41, 5.74) is 3.01. The number of rotatable bonds is 5. The van der Waals surface area contributed by atoms with Crippen LogP contribution in [-0.4, -0.2) is 38.1 Å². The highest BCUT2D eigenvalue weighted by Gasteiger charge is 2.31. The van der Waals surface area contributed by atoms with Gasteiger partial charge in [0.1, 0.15) is 17.4 Å². The van der Waals surface area contributed by atoms with E-state index >= 15 is 0 Å². The van der Waals surface area contributed by atoms with E-state index in [1.807, 2.05) is 30.3 Å². The molecule has 0 saturated carbocycles. The molecule has 2 aromatic heterocycles. The summed E-state index contributed by atoms with van der Waals surface area (Å²) in [5.74, 6) is 1.92. The lowest BCUT2D eigenvalue weighted by molar-refractivity contribution is -0.135. The highest BCUT2D eigenvalue weighted by Crippen LogP contribution is 2.36. The predicted octanol–water partition coefficient (Wildman–Crippen LogP) is 5.26. The molecule has 0 aliphatic carbocycles. The summed E-state index contributed by atoms with van der Waals surface area (Å²) in [4.78, 5) is 25.2. The van der Waals surface area contributed by atoms with E-state index in [-0.39, 0.29) is 11.9 Å². The zero-order chi connectivity index (χ0) is 20.5. The third-order valence-electron chi connectivity index (χ3n) is 5.72. The number of benzene rings is 2. The van der Waals surface area contributed by atoms with E-state index in [0.29, 0.717) is 6.54 Å². The third-order valence-corrected chi connectivity index (χ3v) is 7.40. The van der Waals surface area contributed by atoms with E-state index in [1.165, 1.54) is 4.70 Å². The molecule has 5 rings (SSSR count). The number of thiazole rings is 1. The molecule has 154 valence electrons. The zero-order valence-electron chi connectivity index (χ0n) is 17.0. The molecule has 1 aliphatic heterocycles. The average molecular weight is 437 g/mol. The minimum atomic E-state index is 0.0717. The molecule has 0 unspecified atom stereocenters. The van der Waals surface area contributed by atoms with Gasteiger partial charge >= 0.3 is 0 Å². The molecule has 0 spiro atoms. The number of nitrogens with zero attached hydrogens (tertiary/aromatic N) is 4. The molecular weight excluding hydrogens is 412 g/mol. The lowest BCUT2D eigenvalue weighted by atomic mass is 10.0. The number of aromatic nitrogens is 3. The molecule has 1 atom stereocenters. The number of thioether (sulfide) groups is 1. The number of carbonyl (C=O) groups excluding carboxylic acids is 1. The van der Waals surface area contributed by atoms with Gasteiger partial charge in [0.2, 0.25) is 5.91 Å². The standard InChI is InChI=1S/C23H24N4OS2/c1-29-15-21-24-16-8-2-4-10-18(16)27(21)14-22(28)26-13-7-6-11-19(26)23-25-17-9-3-5-12-20(17)30-23/h2-5,8-10,12,19H,6-7,11,13-15H2,1H3/t19-/m0/s1. The van der Waals surface area contributed by atoms with Gasteiger partial charge in [0.15, 0.2) is 0 Å². The molecule has 3 heterocycles. The Morgan fingerprint density at radius 3 is 2.73 bits per heavy atom. The highest BCUT2D eigenvalue weighted by atomic mass is 32.2. The van der Waals surface area contributed by atoms with Crippen LogP contribution in [0.15, 0.2) is 48.5 Å². The Morgan fingerprint density at radius 2 is 1.90 bits per heavy atom. The van der Waals surface area contributed by atoms with Crippen molar-refractivity contribution < 1.29 is 4.79 Å². The number of amides is 1. The average Bonchev–Trinajstić information content (AvgIpc) is 3.36. The fourth-order valence-corrected chi connectivity index (χ4v) is 5.88. The van der Waals surface area contributed by atoms with Crippen LogP contribution in [0, 0.1) is 0 Å². The van der Waals surface area contributed by atoms with Crippen LogP contribution in [0.4, 0.5) is 0 Å². The van der Waals surface area contributed by atoms with Gasteiger partial charge in [-0.2, -0.15) is 11.8 Å². The summed E-state index contributed by atoms with van der Waals surface area (Å²) in [7, 11) is 0. The Morgan fingerprint density at radius 1 is 1.10 bits per heavy atom. The van der Waals surface area contributed by atoms with Gasteiger partial charge in [-0.25, -0.2) is 9.97 Å². The lowest BCUT2D eigenvalue weighted by Crippen LogP contribution is -2.40. The van der Waals surface area contributed by atoms with Gasteiger partial charge in [0.25, 0.3) is 0 Å². The van der Waals surface area contributed by atoms with E-state index < -0.39 is 0 Å². The van der Waals surface area contributed by atoms with E-state index in [1.54, 1.807) is 23.1 Å². The Labute approximate surface area is 184 Å². The maximum Gasteiger partial charge on any atom is 0.243 e. The first-order chi connectivity index (χ1) is 14.7. The molecule has 1 aliphatic rings. The van der Waals surface area contributed by atoms with Gasteiger partial charge in [-0.05, 0) is 49.8 Å². The van der Waals surface area contributed by atoms with Gasteiger partial charge < -0.3 is 9.47 Å². The van der Waals surface area contributed by atoms with E-state index in [9.17, 15) is 4.79 Å². The van der Waals surface area contributed by atoms with Gasteiger partial charge in [-0.1, -0.05) is 24.3 Å². The molecule has 5 nitrogen and oxygen atoms in total. The lowest BCUT2D eigenvalue weighted by Gasteiger charge is -2.34. The van der Waals surface area contributed by atoms with Crippen LogP contribution in [-0.2, 0) is 17.1 Å². The van der Waals surface area contributed by atoms with Gasteiger partial charge in [-0.15, -0.1) is 11.3 Å². The molecule has 1 saturated heterocycles. The van der Waals surface area contributed by atoms with Crippen molar-refractivity contribution >= 4 is 50.3 Å². The fraction of sp³-hybridized carbons (Fsp3) is 0.348. The fourth-order valence-electron chi connectivity index (χ4n) is 4.29. The summed E-state index contributed by atoms with van der Waals surface area (Å²) < 4.78 is 3.28. The largest absolute Gasteiger partial charge is 0.332 e. The van der Waals surface area contributed by atoms with Gasteiger partial charge in [0.05, 0.1) is 33.0 Å². The van der Waals surface area contributed by atoms with Crippen molar-refractivity contribution in [3.8, 4) is 0 Å². The van der Waals surface area contributed by atoms with Crippen molar-refractivity contribution in [1.82, 2.24) is 19.4 Å². The second-order valence-electron chi connectivity index (χ2n) is 7.65. The molecule has 4 aromatic rings. The number of hydrogen-bond acceptors (Lipinski definition) is 5. The minimum absolute atomic E-state index is 0.0717. The summed E-state index contributed by atoms with van der Waals surface area (Å²) in [6.45, 7) is 1.13. The molecule has 2 aromatic carbocycles. The zero-order valence-corrected chi connectivity index (χ0v) is 18.6. The number of piperidine rings is 1. The van der Waals surface area contributed by atoms with Crippen LogP contribution in [0.3, 0.4) is 0 Å². The topological polar surface area (TPSA) is 51.0 Å². The highest BCUT2D eigenvalue weighted by molar-refractivity contribution is 7.97. The Bertz CT molecular complexity index is 1170. The normalized spacial score (nSPS) is 17.1. The minimum Gasteiger partial charge on any atom is -0.332 e. The molecular formula is C23H24N4OS2. The molecule has 0 N–H and O–H groups in total.